The minimum Gasteiger partial charge on any atom is -0.455 e. The van der Waals surface area contributed by atoms with Crippen LogP contribution in [0.25, 0.3) is 11.6 Å². The molecule has 1 aliphatic rings. The van der Waals surface area contributed by atoms with Gasteiger partial charge in [-0.3, -0.25) is 0 Å². The second-order valence-corrected chi connectivity index (χ2v) is 7.75. The van der Waals surface area contributed by atoms with E-state index in [9.17, 15) is 8.42 Å². The van der Waals surface area contributed by atoms with Crippen molar-refractivity contribution in [2.75, 3.05) is 25.2 Å². The quantitative estimate of drug-likeness (QED) is 0.819. The third kappa shape index (κ3) is 3.46. The molecule has 0 spiro atoms. The van der Waals surface area contributed by atoms with Crippen LogP contribution in [-0.4, -0.2) is 53.5 Å². The molecule has 0 radical (unpaired) electrons. The van der Waals surface area contributed by atoms with E-state index in [0.717, 1.165) is 0 Å². The summed E-state index contributed by atoms with van der Waals surface area (Å²) in [7, 11) is -1.43. The van der Waals surface area contributed by atoms with Crippen LogP contribution in [0.15, 0.2) is 16.5 Å². The Morgan fingerprint density at radius 3 is 2.91 bits per heavy atom. The Morgan fingerprint density at radius 2 is 2.30 bits per heavy atom. The normalized spacial score (nSPS) is 20.2. The van der Waals surface area contributed by atoms with Crippen LogP contribution in [0, 0.1) is 0 Å². The molecule has 3 rings (SSSR count). The molecule has 2 aromatic heterocycles. The lowest BCUT2D eigenvalue weighted by Crippen LogP contribution is -2.14. The number of ether oxygens (including phenoxy) is 1. The van der Waals surface area contributed by atoms with Crippen molar-refractivity contribution >= 4 is 9.84 Å². The van der Waals surface area contributed by atoms with Crippen molar-refractivity contribution in [2.45, 2.75) is 25.5 Å². The smallest absolute Gasteiger partial charge is 0.194 e. The number of sulfone groups is 1. The van der Waals surface area contributed by atoms with Crippen LogP contribution in [-0.2, 0) is 27.6 Å². The largest absolute Gasteiger partial charge is 0.455 e. The summed E-state index contributed by atoms with van der Waals surface area (Å²) in [4.78, 5) is 4.46. The van der Waals surface area contributed by atoms with E-state index in [1.54, 1.807) is 23.9 Å². The molecule has 2 aromatic rings. The van der Waals surface area contributed by atoms with Crippen LogP contribution < -0.4 is 0 Å². The number of hydrogen-bond donors (Lipinski definition) is 1. The molecular weight excluding hydrogens is 322 g/mol. The average Bonchev–Trinajstić information content (AvgIpc) is 3.21. The molecule has 1 N–H and O–H groups in total. The highest BCUT2D eigenvalue weighted by Gasteiger charge is 2.32. The number of methoxy groups -OCH3 is 1. The maximum Gasteiger partial charge on any atom is 0.194 e. The van der Waals surface area contributed by atoms with Gasteiger partial charge in [0.2, 0.25) is 0 Å². The van der Waals surface area contributed by atoms with Gasteiger partial charge in [-0.05, 0) is 18.6 Å². The number of aliphatic hydroxyl groups excluding tert-OH is 1. The predicted octanol–water partition coefficient (Wildman–Crippen LogP) is 0.579. The maximum atomic E-state index is 11.8. The number of aliphatic hydroxyl groups is 1. The molecule has 0 aliphatic carbocycles. The first-order valence-electron chi connectivity index (χ1n) is 7.37. The van der Waals surface area contributed by atoms with Crippen molar-refractivity contribution in [2.24, 2.45) is 0 Å². The van der Waals surface area contributed by atoms with Gasteiger partial charge in [0.1, 0.15) is 12.4 Å². The third-order valence-corrected chi connectivity index (χ3v) is 5.55. The molecular formula is C14H19N3O5S. The van der Waals surface area contributed by atoms with Crippen LogP contribution in [0.5, 0.6) is 0 Å². The molecule has 8 nitrogen and oxygen atoms in total. The Hall–Kier alpha value is -1.71. The zero-order valence-corrected chi connectivity index (χ0v) is 13.6. The Bertz CT molecular complexity index is 780. The van der Waals surface area contributed by atoms with E-state index in [4.69, 9.17) is 14.3 Å². The second kappa shape index (κ2) is 6.42. The monoisotopic (exact) mass is 341 g/mol. The van der Waals surface area contributed by atoms with Gasteiger partial charge >= 0.3 is 0 Å². The van der Waals surface area contributed by atoms with Gasteiger partial charge in [-0.2, -0.15) is 5.10 Å². The van der Waals surface area contributed by atoms with Gasteiger partial charge in [-0.1, -0.05) is 0 Å². The molecule has 3 heterocycles. The topological polar surface area (TPSA) is 107 Å². The van der Waals surface area contributed by atoms with Gasteiger partial charge in [0, 0.05) is 13.5 Å². The zero-order chi connectivity index (χ0) is 16.4. The first-order chi connectivity index (χ1) is 11.0. The SMILES string of the molecule is COCCc1nc(-c2ccc(CO)o2)n([C@H]2CCS(=O)(=O)C2)n1. The molecule has 0 unspecified atom stereocenters. The lowest BCUT2D eigenvalue weighted by molar-refractivity contribution is 0.200. The van der Waals surface area contributed by atoms with Crippen LogP contribution >= 0.6 is 0 Å². The molecule has 0 saturated carbocycles. The first kappa shape index (κ1) is 16.2. The van der Waals surface area contributed by atoms with Crippen molar-refractivity contribution < 1.29 is 22.7 Å². The Balaban J connectivity index is 1.97. The van der Waals surface area contributed by atoms with E-state index < -0.39 is 9.84 Å². The Labute approximate surface area is 134 Å². The lowest BCUT2D eigenvalue weighted by atomic mass is 10.2. The second-order valence-electron chi connectivity index (χ2n) is 5.52. The molecule has 0 bridgehead atoms. The van der Waals surface area contributed by atoms with Gasteiger partial charge in [-0.25, -0.2) is 18.1 Å². The van der Waals surface area contributed by atoms with Crippen molar-refractivity contribution in [3.63, 3.8) is 0 Å². The zero-order valence-electron chi connectivity index (χ0n) is 12.8. The van der Waals surface area contributed by atoms with Crippen molar-refractivity contribution in [1.82, 2.24) is 14.8 Å². The molecule has 1 atom stereocenters. The van der Waals surface area contributed by atoms with Crippen molar-refractivity contribution in [3.05, 3.63) is 23.7 Å². The first-order valence-corrected chi connectivity index (χ1v) is 9.19. The fourth-order valence-electron chi connectivity index (χ4n) is 2.64. The summed E-state index contributed by atoms with van der Waals surface area (Å²) < 4.78 is 35.7. The maximum absolute atomic E-state index is 11.8. The average molecular weight is 341 g/mol. The van der Waals surface area contributed by atoms with Crippen molar-refractivity contribution in [1.29, 1.82) is 0 Å². The van der Waals surface area contributed by atoms with E-state index in [1.807, 2.05) is 0 Å². The highest BCUT2D eigenvalue weighted by Crippen LogP contribution is 2.29. The van der Waals surface area contributed by atoms with Gasteiger partial charge in [-0.15, -0.1) is 0 Å². The van der Waals surface area contributed by atoms with Gasteiger partial charge < -0.3 is 14.3 Å². The molecule has 0 amide bonds. The highest BCUT2D eigenvalue weighted by atomic mass is 32.2. The molecule has 23 heavy (non-hydrogen) atoms. The lowest BCUT2D eigenvalue weighted by Gasteiger charge is -2.10. The number of nitrogens with zero attached hydrogens (tertiary/aromatic N) is 3. The molecule has 0 aromatic carbocycles. The summed E-state index contributed by atoms with van der Waals surface area (Å²) in [6.07, 6.45) is 1.04. The number of rotatable bonds is 6. The minimum atomic E-state index is -3.03. The van der Waals surface area contributed by atoms with E-state index in [0.29, 0.717) is 42.6 Å². The fourth-order valence-corrected chi connectivity index (χ4v) is 4.33. The highest BCUT2D eigenvalue weighted by molar-refractivity contribution is 7.91. The third-order valence-electron chi connectivity index (χ3n) is 3.80. The summed E-state index contributed by atoms with van der Waals surface area (Å²) in [6.45, 7) is 0.273. The number of aromatic nitrogens is 3. The summed E-state index contributed by atoms with van der Waals surface area (Å²) in [5.74, 6) is 2.16. The van der Waals surface area contributed by atoms with Crippen LogP contribution in [0.1, 0.15) is 24.0 Å². The van der Waals surface area contributed by atoms with E-state index in [-0.39, 0.29) is 24.2 Å². The molecule has 1 aliphatic heterocycles. The summed E-state index contributed by atoms with van der Waals surface area (Å²) >= 11 is 0. The van der Waals surface area contributed by atoms with Gasteiger partial charge in [0.05, 0.1) is 24.2 Å². The Kier molecular flexibility index (Phi) is 4.51. The van der Waals surface area contributed by atoms with Crippen LogP contribution in [0.2, 0.25) is 0 Å². The summed E-state index contributed by atoms with van der Waals surface area (Å²) in [6, 6.07) is 3.12. The van der Waals surface area contributed by atoms with Crippen molar-refractivity contribution in [3.8, 4) is 11.6 Å². The minimum absolute atomic E-state index is 0.0562. The van der Waals surface area contributed by atoms with Crippen LogP contribution in [0.3, 0.4) is 0 Å². The number of furan rings is 1. The number of hydrogen-bond acceptors (Lipinski definition) is 7. The molecule has 1 fully saturated rings. The van der Waals surface area contributed by atoms with E-state index in [2.05, 4.69) is 10.1 Å². The van der Waals surface area contributed by atoms with E-state index >= 15 is 0 Å². The molecule has 9 heteroatoms. The summed E-state index contributed by atoms with van der Waals surface area (Å²) in [5.41, 5.74) is 0. The van der Waals surface area contributed by atoms with Crippen LogP contribution in [0.4, 0.5) is 0 Å². The van der Waals surface area contributed by atoms with Gasteiger partial charge in [0.25, 0.3) is 0 Å². The fraction of sp³-hybridized carbons (Fsp3) is 0.571. The standard InChI is InChI=1S/C14H19N3O5S/c1-21-6-4-13-15-14(12-3-2-11(8-18)22-12)17(16-13)10-5-7-23(19,20)9-10/h2-3,10,18H,4-9H2,1H3/t10-/m0/s1. The van der Waals surface area contributed by atoms with E-state index in [1.165, 1.54) is 0 Å². The van der Waals surface area contributed by atoms with Gasteiger partial charge in [0.15, 0.2) is 27.2 Å². The Morgan fingerprint density at radius 1 is 1.48 bits per heavy atom. The molecule has 1 saturated heterocycles. The predicted molar refractivity (Wildman–Crippen MR) is 81.5 cm³/mol. The molecule has 126 valence electrons. The summed E-state index contributed by atoms with van der Waals surface area (Å²) in [5, 5.41) is 13.6.